The Bertz CT molecular complexity index is 365. The molecule has 2 rings (SSSR count). The summed E-state index contributed by atoms with van der Waals surface area (Å²) >= 11 is 0. The maximum absolute atomic E-state index is 5.75. The summed E-state index contributed by atoms with van der Waals surface area (Å²) < 4.78 is 0. The number of aromatic nitrogens is 2. The molecule has 2 N–H and O–H groups in total. The zero-order valence-electron chi connectivity index (χ0n) is 11.5. The van der Waals surface area contributed by atoms with Crippen LogP contribution in [0.5, 0.6) is 0 Å². The van der Waals surface area contributed by atoms with Crippen molar-refractivity contribution in [3.63, 3.8) is 0 Å². The average molecular weight is 248 g/mol. The minimum atomic E-state index is 0.573. The van der Waals surface area contributed by atoms with Gasteiger partial charge in [-0.2, -0.15) is 0 Å². The van der Waals surface area contributed by atoms with E-state index in [2.05, 4.69) is 21.9 Å². The molecule has 0 saturated heterocycles. The smallest absolute Gasteiger partial charge is 0.144 e. The minimum absolute atomic E-state index is 0.573. The molecule has 1 aromatic heterocycles. The molecule has 1 aromatic rings. The molecule has 100 valence electrons. The number of anilines is 1. The van der Waals surface area contributed by atoms with Gasteiger partial charge in [-0.25, -0.2) is 9.97 Å². The summed E-state index contributed by atoms with van der Waals surface area (Å²) in [4.78, 5) is 11.0. The molecule has 1 fully saturated rings. The predicted molar refractivity (Wildman–Crippen MR) is 74.1 cm³/mol. The second-order valence-corrected chi connectivity index (χ2v) is 5.55. The molecule has 18 heavy (non-hydrogen) atoms. The van der Waals surface area contributed by atoms with Gasteiger partial charge in [0.1, 0.15) is 11.6 Å². The van der Waals surface area contributed by atoms with Crippen LogP contribution in [0.15, 0.2) is 6.07 Å². The Hall–Kier alpha value is -1.16. The molecule has 4 nitrogen and oxygen atoms in total. The number of hydrogen-bond acceptors (Lipinski definition) is 4. The maximum Gasteiger partial charge on any atom is 0.144 e. The van der Waals surface area contributed by atoms with E-state index in [1.807, 2.05) is 13.0 Å². The summed E-state index contributed by atoms with van der Waals surface area (Å²) in [5, 5.41) is 0. The minimum Gasteiger partial charge on any atom is -0.384 e. The van der Waals surface area contributed by atoms with Crippen LogP contribution in [0.4, 0.5) is 5.82 Å². The van der Waals surface area contributed by atoms with Crippen molar-refractivity contribution >= 4 is 5.82 Å². The first-order valence-electron chi connectivity index (χ1n) is 6.92. The number of nitrogens with two attached hydrogens (primary N) is 1. The fourth-order valence-electron chi connectivity index (χ4n) is 2.84. The third kappa shape index (κ3) is 3.95. The Morgan fingerprint density at radius 3 is 2.67 bits per heavy atom. The molecule has 0 radical (unpaired) electrons. The van der Waals surface area contributed by atoms with Crippen molar-refractivity contribution in [2.45, 2.75) is 45.6 Å². The Labute approximate surface area is 110 Å². The third-order valence-corrected chi connectivity index (χ3v) is 3.63. The van der Waals surface area contributed by atoms with Gasteiger partial charge in [0.2, 0.25) is 0 Å². The van der Waals surface area contributed by atoms with Gasteiger partial charge in [0.05, 0.1) is 6.54 Å². The molecule has 0 unspecified atom stereocenters. The highest BCUT2D eigenvalue weighted by atomic mass is 15.1. The van der Waals surface area contributed by atoms with Gasteiger partial charge in [-0.15, -0.1) is 0 Å². The van der Waals surface area contributed by atoms with E-state index in [-0.39, 0.29) is 0 Å². The first-order valence-corrected chi connectivity index (χ1v) is 6.92. The largest absolute Gasteiger partial charge is 0.384 e. The predicted octanol–water partition coefficient (Wildman–Crippen LogP) is 2.38. The summed E-state index contributed by atoms with van der Waals surface area (Å²) in [6.07, 6.45) is 6.96. The van der Waals surface area contributed by atoms with Gasteiger partial charge in [0.15, 0.2) is 0 Å². The fourth-order valence-corrected chi connectivity index (χ4v) is 2.84. The van der Waals surface area contributed by atoms with Crippen molar-refractivity contribution in [2.24, 2.45) is 5.92 Å². The summed E-state index contributed by atoms with van der Waals surface area (Å²) in [6.45, 7) is 3.91. The second kappa shape index (κ2) is 6.14. The van der Waals surface area contributed by atoms with E-state index in [4.69, 9.17) is 5.73 Å². The first kappa shape index (κ1) is 13.3. The highest BCUT2D eigenvalue weighted by molar-refractivity contribution is 5.29. The zero-order chi connectivity index (χ0) is 13.0. The molecule has 1 aliphatic carbocycles. The molecule has 0 aliphatic heterocycles. The van der Waals surface area contributed by atoms with Gasteiger partial charge in [-0.1, -0.05) is 19.3 Å². The number of nitrogen functional groups attached to an aromatic ring is 1. The van der Waals surface area contributed by atoms with Crippen LogP contribution in [-0.4, -0.2) is 28.5 Å². The molecule has 0 spiro atoms. The molecule has 0 atom stereocenters. The van der Waals surface area contributed by atoms with Crippen molar-refractivity contribution in [3.05, 3.63) is 17.6 Å². The lowest BCUT2D eigenvalue weighted by atomic mass is 9.89. The maximum atomic E-state index is 5.75. The van der Waals surface area contributed by atoms with E-state index in [0.29, 0.717) is 5.82 Å². The molecule has 0 aromatic carbocycles. The van der Waals surface area contributed by atoms with Crippen LogP contribution < -0.4 is 5.73 Å². The Kier molecular flexibility index (Phi) is 4.53. The van der Waals surface area contributed by atoms with Gasteiger partial charge in [-0.05, 0) is 32.7 Å². The van der Waals surface area contributed by atoms with E-state index in [1.54, 1.807) is 0 Å². The van der Waals surface area contributed by atoms with E-state index >= 15 is 0 Å². The van der Waals surface area contributed by atoms with Crippen LogP contribution in [0.25, 0.3) is 0 Å². The van der Waals surface area contributed by atoms with Crippen molar-refractivity contribution in [2.75, 3.05) is 19.3 Å². The van der Waals surface area contributed by atoms with Crippen LogP contribution >= 0.6 is 0 Å². The van der Waals surface area contributed by atoms with E-state index in [0.717, 1.165) is 30.5 Å². The summed E-state index contributed by atoms with van der Waals surface area (Å²) in [5.41, 5.74) is 6.70. The monoisotopic (exact) mass is 248 g/mol. The molecule has 1 heterocycles. The number of aryl methyl sites for hydroxylation is 1. The lowest BCUT2D eigenvalue weighted by Gasteiger charge is -2.26. The van der Waals surface area contributed by atoms with E-state index < -0.39 is 0 Å². The Morgan fingerprint density at radius 2 is 2.00 bits per heavy atom. The Balaban J connectivity index is 1.87. The highest BCUT2D eigenvalue weighted by Gasteiger charge is 2.16. The average Bonchev–Trinajstić information content (AvgIpc) is 2.28. The van der Waals surface area contributed by atoms with Crippen molar-refractivity contribution < 1.29 is 0 Å². The molecule has 1 aliphatic rings. The van der Waals surface area contributed by atoms with Crippen LogP contribution in [-0.2, 0) is 6.54 Å². The van der Waals surface area contributed by atoms with Crippen LogP contribution in [0.3, 0.4) is 0 Å². The SMILES string of the molecule is Cc1cc(N)nc(CN(C)CC2CCCCC2)n1. The first-order chi connectivity index (χ1) is 8.63. The van der Waals surface area contributed by atoms with Crippen molar-refractivity contribution in [1.82, 2.24) is 14.9 Å². The fraction of sp³-hybridized carbons (Fsp3) is 0.714. The molecule has 4 heteroatoms. The Morgan fingerprint density at radius 1 is 1.28 bits per heavy atom. The lowest BCUT2D eigenvalue weighted by molar-refractivity contribution is 0.224. The van der Waals surface area contributed by atoms with Gasteiger partial charge < -0.3 is 5.73 Å². The highest BCUT2D eigenvalue weighted by Crippen LogP contribution is 2.24. The molecule has 1 saturated carbocycles. The van der Waals surface area contributed by atoms with Gasteiger partial charge in [-0.3, -0.25) is 4.90 Å². The topological polar surface area (TPSA) is 55.0 Å². The second-order valence-electron chi connectivity index (χ2n) is 5.55. The van der Waals surface area contributed by atoms with Gasteiger partial charge in [0, 0.05) is 18.3 Å². The van der Waals surface area contributed by atoms with E-state index in [1.165, 1.54) is 32.1 Å². The summed E-state index contributed by atoms with van der Waals surface area (Å²) in [7, 11) is 2.15. The zero-order valence-corrected chi connectivity index (χ0v) is 11.5. The summed E-state index contributed by atoms with van der Waals surface area (Å²) in [5.74, 6) is 2.26. The third-order valence-electron chi connectivity index (χ3n) is 3.63. The van der Waals surface area contributed by atoms with Crippen LogP contribution in [0.2, 0.25) is 0 Å². The van der Waals surface area contributed by atoms with Crippen LogP contribution in [0, 0.1) is 12.8 Å². The molecule has 0 amide bonds. The van der Waals surface area contributed by atoms with E-state index in [9.17, 15) is 0 Å². The molecule has 0 bridgehead atoms. The molecular formula is C14H24N4. The number of hydrogen-bond donors (Lipinski definition) is 1. The van der Waals surface area contributed by atoms with Crippen molar-refractivity contribution in [3.8, 4) is 0 Å². The quantitative estimate of drug-likeness (QED) is 0.889. The van der Waals surface area contributed by atoms with Gasteiger partial charge in [0.25, 0.3) is 0 Å². The molecular weight excluding hydrogens is 224 g/mol. The number of nitrogens with zero attached hydrogens (tertiary/aromatic N) is 3. The van der Waals surface area contributed by atoms with Crippen molar-refractivity contribution in [1.29, 1.82) is 0 Å². The summed E-state index contributed by atoms with van der Waals surface area (Å²) in [6, 6.07) is 1.81. The van der Waals surface area contributed by atoms with Gasteiger partial charge >= 0.3 is 0 Å². The van der Waals surface area contributed by atoms with Crippen LogP contribution in [0.1, 0.15) is 43.6 Å². The number of rotatable bonds is 4. The standard InChI is InChI=1S/C14H24N4/c1-11-8-13(15)17-14(16-11)10-18(2)9-12-6-4-3-5-7-12/h8,12H,3-7,9-10H2,1-2H3,(H2,15,16,17). The lowest BCUT2D eigenvalue weighted by Crippen LogP contribution is -2.27. The normalized spacial score (nSPS) is 17.3.